The molecule has 1 aliphatic carbocycles. The lowest BCUT2D eigenvalue weighted by molar-refractivity contribution is -0.155. The maximum Gasteiger partial charge on any atom is 0.230 e. The van der Waals surface area contributed by atoms with Gasteiger partial charge in [-0.05, 0) is 81.0 Å². The fraction of sp³-hybridized carbons (Fsp3) is 0.724. The minimum Gasteiger partial charge on any atom is -0.508 e. The molecule has 2 unspecified atom stereocenters. The van der Waals surface area contributed by atoms with Crippen LogP contribution in [0.4, 0.5) is 0 Å². The van der Waals surface area contributed by atoms with Crippen molar-refractivity contribution in [3.8, 4) is 5.75 Å². The van der Waals surface area contributed by atoms with Gasteiger partial charge in [0.05, 0.1) is 5.25 Å². The number of hydrogen-bond donors (Lipinski definition) is 1. The highest BCUT2D eigenvalue weighted by molar-refractivity contribution is 7.89. The lowest BCUT2D eigenvalue weighted by Gasteiger charge is -2.53. The zero-order chi connectivity index (χ0) is 26.8. The van der Waals surface area contributed by atoms with Gasteiger partial charge in [-0.2, -0.15) is 4.31 Å². The number of piperidine rings is 3. The zero-order valence-corrected chi connectivity index (χ0v) is 23.5. The van der Waals surface area contributed by atoms with Crippen molar-refractivity contribution >= 4 is 21.8 Å². The van der Waals surface area contributed by atoms with Crippen molar-refractivity contribution in [3.63, 3.8) is 0 Å². The van der Waals surface area contributed by atoms with Crippen LogP contribution in [0.2, 0.25) is 0 Å². The molecule has 5 aliphatic rings. The summed E-state index contributed by atoms with van der Waals surface area (Å²) in [6.45, 7) is 6.19. The van der Waals surface area contributed by atoms with Gasteiger partial charge in [-0.3, -0.25) is 19.4 Å². The van der Waals surface area contributed by atoms with E-state index in [0.29, 0.717) is 31.7 Å². The highest BCUT2D eigenvalue weighted by atomic mass is 32.2. The Labute approximate surface area is 226 Å². The van der Waals surface area contributed by atoms with Crippen LogP contribution >= 0.6 is 0 Å². The molecule has 1 aromatic carbocycles. The maximum absolute atomic E-state index is 14.5. The first-order chi connectivity index (χ1) is 18.1. The van der Waals surface area contributed by atoms with Crippen LogP contribution in [0, 0.1) is 11.3 Å². The molecule has 4 fully saturated rings. The first-order valence-electron chi connectivity index (χ1n) is 14.6. The number of carbonyl (C=O) groups is 2. The third kappa shape index (κ3) is 4.11. The Morgan fingerprint density at radius 1 is 1.11 bits per heavy atom. The summed E-state index contributed by atoms with van der Waals surface area (Å²) in [7, 11) is -3.70. The number of hydrogen-bond acceptors (Lipinski definition) is 6. The average Bonchev–Trinajstić information content (AvgIpc) is 3.29. The number of benzene rings is 1. The molecule has 1 aromatic rings. The second-order valence-electron chi connectivity index (χ2n) is 12.5. The van der Waals surface area contributed by atoms with Gasteiger partial charge >= 0.3 is 0 Å². The Hall–Kier alpha value is -1.97. The quantitative estimate of drug-likeness (QED) is 0.583. The molecule has 38 heavy (non-hydrogen) atoms. The molecule has 9 heteroatoms. The second-order valence-corrected chi connectivity index (χ2v) is 14.6. The van der Waals surface area contributed by atoms with Gasteiger partial charge in [-0.25, -0.2) is 8.42 Å². The summed E-state index contributed by atoms with van der Waals surface area (Å²) in [6, 6.07) is 5.53. The molecule has 4 aliphatic heterocycles. The summed E-state index contributed by atoms with van der Waals surface area (Å²) in [5, 5.41) is 9.34. The fourth-order valence-electron chi connectivity index (χ4n) is 8.50. The van der Waals surface area contributed by atoms with Crippen molar-refractivity contribution < 1.29 is 23.1 Å². The Morgan fingerprint density at radius 3 is 2.61 bits per heavy atom. The Morgan fingerprint density at radius 2 is 1.87 bits per heavy atom. The predicted molar refractivity (Wildman–Crippen MR) is 144 cm³/mol. The van der Waals surface area contributed by atoms with Gasteiger partial charge in [-0.15, -0.1) is 0 Å². The number of aromatic hydroxyl groups is 1. The molecule has 1 N–H and O–H groups in total. The molecule has 208 valence electrons. The van der Waals surface area contributed by atoms with Crippen molar-refractivity contribution in [1.29, 1.82) is 0 Å². The van der Waals surface area contributed by atoms with E-state index in [-0.39, 0.29) is 48.5 Å². The summed E-state index contributed by atoms with van der Waals surface area (Å²) in [5.41, 5.74) is 1.59. The highest BCUT2D eigenvalue weighted by Gasteiger charge is 2.58. The molecule has 0 bridgehead atoms. The number of nitrogens with zero attached hydrogens (tertiary/aromatic N) is 3. The number of imide groups is 1. The Bertz CT molecular complexity index is 1210. The van der Waals surface area contributed by atoms with Gasteiger partial charge in [0.2, 0.25) is 21.8 Å². The lowest BCUT2D eigenvalue weighted by atomic mass is 9.75. The number of carbonyl (C=O) groups excluding carboxylic acids is 2. The van der Waals surface area contributed by atoms with Crippen LogP contribution in [0.1, 0.15) is 88.8 Å². The van der Waals surface area contributed by atoms with Crippen LogP contribution in [0.3, 0.4) is 0 Å². The smallest absolute Gasteiger partial charge is 0.230 e. The van der Waals surface area contributed by atoms with E-state index in [1.807, 2.05) is 26.0 Å². The largest absolute Gasteiger partial charge is 0.508 e. The van der Waals surface area contributed by atoms with Gasteiger partial charge < -0.3 is 5.11 Å². The number of rotatable bonds is 4. The average molecular weight is 544 g/mol. The monoisotopic (exact) mass is 543 g/mol. The zero-order valence-electron chi connectivity index (χ0n) is 22.6. The molecule has 0 radical (unpaired) electrons. The van der Waals surface area contributed by atoms with Gasteiger partial charge in [-0.1, -0.05) is 19.4 Å². The van der Waals surface area contributed by atoms with Crippen molar-refractivity contribution in [2.24, 2.45) is 11.3 Å². The first kappa shape index (κ1) is 26.3. The number of phenols is 1. The van der Waals surface area contributed by atoms with Crippen molar-refractivity contribution in [3.05, 3.63) is 29.3 Å². The lowest BCUT2D eigenvalue weighted by Crippen LogP contribution is -2.61. The number of sulfonamides is 1. The molecular weight excluding hydrogens is 502 g/mol. The van der Waals surface area contributed by atoms with E-state index in [9.17, 15) is 23.1 Å². The van der Waals surface area contributed by atoms with E-state index in [0.717, 1.165) is 50.8 Å². The standard InChI is InChI=1S/C29H41N3O5S/c1-3-19(2)32-27(34)16-29(17-28(32)35)11-4-7-26(29)38(36,37)31-12-5-6-21-18-30-13-10-20-14-22(33)8-9-23(20)25(30)15-24(21)31/h8-9,14,19,21,24-26,33H,3-7,10-13,15-18H2,1-2H3/t19?,21-,24+,25+,26?/m1/s1. The number of phenolic OH excluding ortho intramolecular Hbond substituents is 1. The molecule has 3 saturated heterocycles. The summed E-state index contributed by atoms with van der Waals surface area (Å²) < 4.78 is 30.8. The molecule has 8 nitrogen and oxygen atoms in total. The summed E-state index contributed by atoms with van der Waals surface area (Å²) in [6.07, 6.45) is 6.43. The van der Waals surface area contributed by atoms with Crippen LogP contribution in [0.5, 0.6) is 5.75 Å². The topological polar surface area (TPSA) is 98.2 Å². The van der Waals surface area contributed by atoms with Crippen LogP contribution in [-0.4, -0.2) is 76.4 Å². The van der Waals surface area contributed by atoms with E-state index in [1.165, 1.54) is 10.5 Å². The molecule has 1 spiro atoms. The maximum atomic E-state index is 14.5. The van der Waals surface area contributed by atoms with Crippen molar-refractivity contribution in [2.75, 3.05) is 19.6 Å². The fourth-order valence-corrected chi connectivity index (χ4v) is 11.2. The molecule has 6 rings (SSSR count). The van der Waals surface area contributed by atoms with E-state index in [4.69, 9.17) is 0 Å². The molecular formula is C29H41N3O5S. The highest BCUT2D eigenvalue weighted by Crippen LogP contribution is 2.53. The van der Waals surface area contributed by atoms with E-state index >= 15 is 0 Å². The van der Waals surface area contributed by atoms with E-state index in [2.05, 4.69) is 4.90 Å². The predicted octanol–water partition coefficient (Wildman–Crippen LogP) is 3.59. The summed E-state index contributed by atoms with van der Waals surface area (Å²) >= 11 is 0. The number of fused-ring (bicyclic) bond motifs is 4. The minimum atomic E-state index is -3.70. The van der Waals surface area contributed by atoms with Gasteiger partial charge in [0.15, 0.2) is 0 Å². The second kappa shape index (κ2) is 9.59. The minimum absolute atomic E-state index is 0.0704. The molecule has 0 aromatic heterocycles. The Balaban J connectivity index is 1.29. The van der Waals surface area contributed by atoms with Crippen molar-refractivity contribution in [2.45, 2.75) is 101 Å². The first-order valence-corrected chi connectivity index (χ1v) is 16.1. The van der Waals surface area contributed by atoms with Crippen LogP contribution in [-0.2, 0) is 26.0 Å². The summed E-state index contributed by atoms with van der Waals surface area (Å²) in [4.78, 5) is 30.3. The molecule has 2 amide bonds. The van der Waals surface area contributed by atoms with Gasteiger partial charge in [0.1, 0.15) is 5.75 Å². The third-order valence-corrected chi connectivity index (χ3v) is 13.0. The van der Waals surface area contributed by atoms with E-state index < -0.39 is 20.7 Å². The SMILES string of the molecule is CCC(C)N1C(=O)CC2(CCCC2S(=O)(=O)N2CCC[C@@H]3CN4CCc5cc(O)ccc5[C@@H]4C[C@@H]32)CC1=O. The Kier molecular flexibility index (Phi) is 6.63. The third-order valence-electron chi connectivity index (χ3n) is 10.5. The molecule has 5 atom stereocenters. The number of likely N-dealkylation sites (tertiary alicyclic amines) is 1. The van der Waals surface area contributed by atoms with Gasteiger partial charge in [0.25, 0.3) is 0 Å². The van der Waals surface area contributed by atoms with Crippen LogP contribution in [0.15, 0.2) is 18.2 Å². The van der Waals surface area contributed by atoms with Crippen molar-refractivity contribution in [1.82, 2.24) is 14.1 Å². The number of amides is 2. The summed E-state index contributed by atoms with van der Waals surface area (Å²) in [5.74, 6) is 0.165. The molecule has 1 saturated carbocycles. The van der Waals surface area contributed by atoms with Gasteiger partial charge in [0, 0.05) is 56.0 Å². The molecule has 4 heterocycles. The normalized spacial score (nSPS) is 32.6. The van der Waals surface area contributed by atoms with Crippen LogP contribution in [0.25, 0.3) is 0 Å². The van der Waals surface area contributed by atoms with Crippen LogP contribution < -0.4 is 0 Å². The van der Waals surface area contributed by atoms with E-state index in [1.54, 1.807) is 10.4 Å².